The van der Waals surface area contributed by atoms with Crippen molar-refractivity contribution in [2.24, 2.45) is 0 Å². The van der Waals surface area contributed by atoms with E-state index >= 15 is 0 Å². The average Bonchev–Trinajstić information content (AvgIpc) is 3.01. The zero-order chi connectivity index (χ0) is 23.4. The minimum Gasteiger partial charge on any atom is -0.353 e. The molecule has 1 unspecified atom stereocenters. The second kappa shape index (κ2) is 10.5. The molecule has 0 aromatic heterocycles. The fourth-order valence-corrected chi connectivity index (χ4v) is 6.82. The van der Waals surface area contributed by atoms with E-state index in [2.05, 4.69) is 10.2 Å². The van der Waals surface area contributed by atoms with E-state index in [9.17, 15) is 18.0 Å². The van der Waals surface area contributed by atoms with Crippen LogP contribution in [-0.2, 0) is 26.0 Å². The molecule has 182 valence electrons. The third-order valence-electron chi connectivity index (χ3n) is 7.06. The second-order valence-corrected chi connectivity index (χ2v) is 11.3. The van der Waals surface area contributed by atoms with E-state index in [1.54, 1.807) is 22.5 Å². The highest BCUT2D eigenvalue weighted by Gasteiger charge is 2.38. The largest absolute Gasteiger partial charge is 0.353 e. The number of carbonyl (C=O) groups is 2. The van der Waals surface area contributed by atoms with Crippen LogP contribution >= 0.6 is 0 Å². The molecule has 0 radical (unpaired) electrons. The molecule has 1 aromatic carbocycles. The molecular formula is C24H36N4O4S. The van der Waals surface area contributed by atoms with Gasteiger partial charge in [0.15, 0.2) is 0 Å². The molecule has 1 N–H and O–H groups in total. The van der Waals surface area contributed by atoms with Crippen molar-refractivity contribution in [3.63, 3.8) is 0 Å². The van der Waals surface area contributed by atoms with E-state index in [1.807, 2.05) is 0 Å². The molecule has 9 heteroatoms. The molecule has 0 aliphatic carbocycles. The molecule has 3 aliphatic heterocycles. The van der Waals surface area contributed by atoms with Gasteiger partial charge in [-0.05, 0) is 62.5 Å². The van der Waals surface area contributed by atoms with Crippen LogP contribution in [0.5, 0.6) is 0 Å². The topological polar surface area (TPSA) is 90.0 Å². The van der Waals surface area contributed by atoms with Crippen molar-refractivity contribution >= 4 is 27.5 Å². The Bertz CT molecular complexity index is 967. The van der Waals surface area contributed by atoms with Crippen molar-refractivity contribution < 1.29 is 18.0 Å². The maximum absolute atomic E-state index is 13.1. The molecular weight excluding hydrogens is 440 g/mol. The van der Waals surface area contributed by atoms with Crippen molar-refractivity contribution in [2.45, 2.75) is 69.2 Å². The maximum Gasteiger partial charge on any atom is 0.243 e. The van der Waals surface area contributed by atoms with Gasteiger partial charge in [-0.1, -0.05) is 19.3 Å². The number of hydrogen-bond acceptors (Lipinski definition) is 5. The zero-order valence-corrected chi connectivity index (χ0v) is 20.4. The summed E-state index contributed by atoms with van der Waals surface area (Å²) in [5.74, 6) is -0.398. The molecule has 3 aliphatic rings. The lowest BCUT2D eigenvalue weighted by atomic mass is 10.1. The van der Waals surface area contributed by atoms with Gasteiger partial charge in [0.1, 0.15) is 6.04 Å². The van der Waals surface area contributed by atoms with Crippen LogP contribution in [0.2, 0.25) is 0 Å². The molecule has 2 amide bonds. The highest BCUT2D eigenvalue weighted by atomic mass is 32.2. The Morgan fingerprint density at radius 1 is 0.970 bits per heavy atom. The zero-order valence-electron chi connectivity index (χ0n) is 19.6. The van der Waals surface area contributed by atoms with Crippen LogP contribution in [0.3, 0.4) is 0 Å². The summed E-state index contributed by atoms with van der Waals surface area (Å²) in [7, 11) is -3.56. The first-order chi connectivity index (χ1) is 15.9. The predicted octanol–water partition coefficient (Wildman–Crippen LogP) is 2.13. The average molecular weight is 477 g/mol. The van der Waals surface area contributed by atoms with Crippen molar-refractivity contribution in [2.75, 3.05) is 44.2 Å². The number of sulfonamides is 1. The first-order valence-electron chi connectivity index (χ1n) is 12.3. The third-order valence-corrected chi connectivity index (χ3v) is 8.95. The summed E-state index contributed by atoms with van der Waals surface area (Å²) in [5.41, 5.74) is 1.36. The Hall–Kier alpha value is -1.97. The molecule has 33 heavy (non-hydrogen) atoms. The van der Waals surface area contributed by atoms with E-state index < -0.39 is 16.1 Å². The Labute approximate surface area is 197 Å². The number of rotatable bonds is 6. The third kappa shape index (κ3) is 5.41. The Morgan fingerprint density at radius 3 is 2.27 bits per heavy atom. The predicted molar refractivity (Wildman–Crippen MR) is 128 cm³/mol. The molecule has 2 saturated heterocycles. The number of anilines is 1. The number of nitrogens with one attached hydrogen (secondary N) is 1. The fourth-order valence-electron chi connectivity index (χ4n) is 5.26. The summed E-state index contributed by atoms with van der Waals surface area (Å²) in [6.07, 6.45) is 8.08. The summed E-state index contributed by atoms with van der Waals surface area (Å²) in [6, 6.07) is 4.26. The first kappa shape index (κ1) is 24.2. The summed E-state index contributed by atoms with van der Waals surface area (Å²) < 4.78 is 27.7. The normalized spacial score (nSPS) is 22.6. The lowest BCUT2D eigenvalue weighted by Crippen LogP contribution is -2.48. The number of nitrogens with zero attached hydrogens (tertiary/aromatic N) is 3. The lowest BCUT2D eigenvalue weighted by Gasteiger charge is -2.26. The van der Waals surface area contributed by atoms with Crippen LogP contribution in [0.1, 0.15) is 57.4 Å². The van der Waals surface area contributed by atoms with Gasteiger partial charge in [-0.15, -0.1) is 0 Å². The molecule has 4 rings (SSSR count). The lowest BCUT2D eigenvalue weighted by molar-refractivity contribution is -0.125. The minimum absolute atomic E-state index is 0.184. The fraction of sp³-hybridized carbons (Fsp3) is 0.667. The van der Waals surface area contributed by atoms with Crippen LogP contribution in [0.25, 0.3) is 0 Å². The summed E-state index contributed by atoms with van der Waals surface area (Å²) in [6.45, 7) is 6.03. The summed E-state index contributed by atoms with van der Waals surface area (Å²) >= 11 is 0. The van der Waals surface area contributed by atoms with Crippen LogP contribution in [0.15, 0.2) is 23.1 Å². The van der Waals surface area contributed by atoms with Gasteiger partial charge in [-0.25, -0.2) is 8.42 Å². The number of hydrogen-bond donors (Lipinski definition) is 1. The monoisotopic (exact) mass is 476 g/mol. The van der Waals surface area contributed by atoms with Crippen molar-refractivity contribution in [3.8, 4) is 0 Å². The quantitative estimate of drug-likeness (QED) is 0.679. The van der Waals surface area contributed by atoms with Gasteiger partial charge in [-0.3, -0.25) is 14.5 Å². The summed E-state index contributed by atoms with van der Waals surface area (Å²) in [5, 5.41) is 3.01. The highest BCUT2D eigenvalue weighted by molar-refractivity contribution is 7.89. The maximum atomic E-state index is 13.1. The standard InChI is InChI=1S/C24H36N4O4S/c1-19(29)28-22-10-9-21(33(31,32)27-14-7-4-8-15-27)17-20(22)18-23(28)24(30)25-11-16-26-12-5-2-3-6-13-26/h9-10,17,23H,2-8,11-16,18H2,1H3,(H,25,30). The SMILES string of the molecule is CC(=O)N1c2ccc(S(=O)(=O)N3CCCCC3)cc2CC1C(=O)NCCN1CCCCCC1. The van der Waals surface area contributed by atoms with Gasteiger partial charge in [0.25, 0.3) is 0 Å². The Morgan fingerprint density at radius 2 is 1.61 bits per heavy atom. The number of likely N-dealkylation sites (tertiary alicyclic amines) is 1. The van der Waals surface area contributed by atoms with Gasteiger partial charge < -0.3 is 10.2 Å². The molecule has 1 aromatic rings. The number of piperidine rings is 1. The highest BCUT2D eigenvalue weighted by Crippen LogP contribution is 2.35. The van der Waals surface area contributed by atoms with Crippen LogP contribution in [-0.4, -0.2) is 74.7 Å². The summed E-state index contributed by atoms with van der Waals surface area (Å²) in [4.78, 5) is 29.6. The van der Waals surface area contributed by atoms with Crippen LogP contribution in [0, 0.1) is 0 Å². The van der Waals surface area contributed by atoms with Crippen molar-refractivity contribution in [1.82, 2.24) is 14.5 Å². The van der Waals surface area contributed by atoms with E-state index in [0.29, 0.717) is 31.7 Å². The van der Waals surface area contributed by atoms with E-state index in [-0.39, 0.29) is 16.7 Å². The van der Waals surface area contributed by atoms with E-state index in [4.69, 9.17) is 0 Å². The molecule has 8 nitrogen and oxygen atoms in total. The van der Waals surface area contributed by atoms with Gasteiger partial charge in [0.05, 0.1) is 4.90 Å². The second-order valence-electron chi connectivity index (χ2n) is 9.41. The molecule has 0 saturated carbocycles. The Balaban J connectivity index is 1.44. The van der Waals surface area contributed by atoms with Gasteiger partial charge in [-0.2, -0.15) is 4.31 Å². The van der Waals surface area contributed by atoms with E-state index in [0.717, 1.165) is 44.5 Å². The first-order valence-corrected chi connectivity index (χ1v) is 13.7. The Kier molecular flexibility index (Phi) is 7.71. The van der Waals surface area contributed by atoms with Gasteiger partial charge in [0, 0.05) is 45.2 Å². The molecule has 0 bridgehead atoms. The number of carbonyl (C=O) groups excluding carboxylic acids is 2. The van der Waals surface area contributed by atoms with Gasteiger partial charge >= 0.3 is 0 Å². The van der Waals surface area contributed by atoms with Gasteiger partial charge in [0.2, 0.25) is 21.8 Å². The van der Waals surface area contributed by atoms with Crippen molar-refractivity contribution in [3.05, 3.63) is 23.8 Å². The molecule has 3 heterocycles. The van der Waals surface area contributed by atoms with Crippen LogP contribution in [0.4, 0.5) is 5.69 Å². The number of amides is 2. The minimum atomic E-state index is -3.56. The smallest absolute Gasteiger partial charge is 0.243 e. The number of fused-ring (bicyclic) bond motifs is 1. The number of benzene rings is 1. The molecule has 0 spiro atoms. The molecule has 1 atom stereocenters. The van der Waals surface area contributed by atoms with E-state index in [1.165, 1.54) is 37.5 Å². The van der Waals surface area contributed by atoms with Crippen molar-refractivity contribution in [1.29, 1.82) is 0 Å². The van der Waals surface area contributed by atoms with Crippen LogP contribution < -0.4 is 10.2 Å². The molecule has 2 fully saturated rings.